The molecular weight excluding hydrogens is 442 g/mol. The van der Waals surface area contributed by atoms with Crippen molar-refractivity contribution in [2.75, 3.05) is 11.9 Å². The van der Waals surface area contributed by atoms with Gasteiger partial charge in [-0.25, -0.2) is 13.4 Å². The number of sulfone groups is 1. The van der Waals surface area contributed by atoms with Gasteiger partial charge in [-0.2, -0.15) is 5.10 Å². The third-order valence-corrected chi connectivity index (χ3v) is 8.49. The van der Waals surface area contributed by atoms with Gasteiger partial charge >= 0.3 is 0 Å². The molecule has 1 fully saturated rings. The molecule has 1 unspecified atom stereocenters. The lowest BCUT2D eigenvalue weighted by molar-refractivity contribution is -0.131. The fourth-order valence-electron chi connectivity index (χ4n) is 4.45. The van der Waals surface area contributed by atoms with E-state index in [0.29, 0.717) is 34.2 Å². The monoisotopic (exact) mass is 467 g/mol. The molecule has 0 bridgehead atoms. The second-order valence-electron chi connectivity index (χ2n) is 8.33. The van der Waals surface area contributed by atoms with Crippen molar-refractivity contribution in [3.05, 3.63) is 72.6 Å². The summed E-state index contributed by atoms with van der Waals surface area (Å²) in [5, 5.41) is 8.71. The molecule has 0 saturated heterocycles. The van der Waals surface area contributed by atoms with Gasteiger partial charge in [0.25, 0.3) is 5.91 Å². The van der Waals surface area contributed by atoms with Crippen molar-refractivity contribution in [2.45, 2.75) is 48.3 Å². The molecule has 1 aliphatic carbocycles. The molecule has 2 aromatic heterocycles. The van der Waals surface area contributed by atoms with Gasteiger partial charge in [0.1, 0.15) is 23.3 Å². The lowest BCUT2D eigenvalue weighted by atomic mass is 10.1. The number of hydrazone groups is 1. The number of amides is 1. The molecule has 1 atom stereocenters. The van der Waals surface area contributed by atoms with Crippen LogP contribution in [0.25, 0.3) is 0 Å². The van der Waals surface area contributed by atoms with Gasteiger partial charge in [0.05, 0.1) is 29.2 Å². The van der Waals surface area contributed by atoms with E-state index in [4.69, 9.17) is 8.83 Å². The van der Waals surface area contributed by atoms with E-state index in [1.54, 1.807) is 48.9 Å². The largest absolute Gasteiger partial charge is 0.467 e. The van der Waals surface area contributed by atoms with Crippen molar-refractivity contribution in [3.63, 3.8) is 0 Å². The summed E-state index contributed by atoms with van der Waals surface area (Å²) in [5.41, 5.74) is 1.34. The standard InChI is InChI=1S/C24H25N3O5S/c28-24(16-25-17-9-11-19(12-10-17)33(29,30)18-5-1-2-6-18)27-21(23-8-4-14-32-23)15-20(26-27)22-7-3-13-31-22/h3-4,7-14,18,21,25H,1-2,5-6,15-16H2. The maximum atomic E-state index is 13.0. The Bertz CT molecular complexity index is 1230. The summed E-state index contributed by atoms with van der Waals surface area (Å²) >= 11 is 0. The van der Waals surface area contributed by atoms with Gasteiger partial charge in [-0.3, -0.25) is 4.79 Å². The van der Waals surface area contributed by atoms with E-state index in [1.165, 1.54) is 5.01 Å². The lowest BCUT2D eigenvalue weighted by Gasteiger charge is -2.20. The van der Waals surface area contributed by atoms with Gasteiger partial charge in [0, 0.05) is 12.1 Å². The first kappa shape index (κ1) is 21.5. The number of nitrogens with zero attached hydrogens (tertiary/aromatic N) is 2. The van der Waals surface area contributed by atoms with Crippen LogP contribution in [0.2, 0.25) is 0 Å². The molecule has 2 aliphatic rings. The normalized spacial score (nSPS) is 19.1. The summed E-state index contributed by atoms with van der Waals surface area (Å²) in [4.78, 5) is 13.4. The Hall–Kier alpha value is -3.33. The zero-order valence-corrected chi connectivity index (χ0v) is 18.8. The van der Waals surface area contributed by atoms with E-state index >= 15 is 0 Å². The Kier molecular flexibility index (Phi) is 5.80. The molecular formula is C24H25N3O5S. The quantitative estimate of drug-likeness (QED) is 0.553. The molecule has 1 saturated carbocycles. The second-order valence-corrected chi connectivity index (χ2v) is 10.6. The van der Waals surface area contributed by atoms with Gasteiger partial charge in [-0.15, -0.1) is 0 Å². The topological polar surface area (TPSA) is 105 Å². The van der Waals surface area contributed by atoms with Gasteiger partial charge in [0.15, 0.2) is 9.84 Å². The van der Waals surface area contributed by atoms with Crippen LogP contribution in [0.4, 0.5) is 5.69 Å². The maximum absolute atomic E-state index is 13.0. The fraction of sp³-hybridized carbons (Fsp3) is 0.333. The van der Waals surface area contributed by atoms with E-state index in [9.17, 15) is 13.2 Å². The summed E-state index contributed by atoms with van der Waals surface area (Å²) in [5.74, 6) is 1.03. The van der Waals surface area contributed by atoms with Crippen LogP contribution in [0.5, 0.6) is 0 Å². The zero-order chi connectivity index (χ0) is 22.8. The first-order valence-electron chi connectivity index (χ1n) is 11.1. The molecule has 5 rings (SSSR count). The highest BCUT2D eigenvalue weighted by Crippen LogP contribution is 2.33. The van der Waals surface area contributed by atoms with E-state index in [2.05, 4.69) is 10.4 Å². The molecule has 1 amide bonds. The lowest BCUT2D eigenvalue weighted by Crippen LogP contribution is -2.32. The number of carbonyl (C=O) groups is 1. The summed E-state index contributed by atoms with van der Waals surface area (Å²) in [7, 11) is -3.30. The third kappa shape index (κ3) is 4.32. The molecule has 1 aliphatic heterocycles. The average Bonchev–Trinajstić information content (AvgIpc) is 3.64. The molecule has 33 heavy (non-hydrogen) atoms. The predicted molar refractivity (Wildman–Crippen MR) is 123 cm³/mol. The fourth-order valence-corrected chi connectivity index (χ4v) is 6.30. The number of rotatable bonds is 7. The number of benzene rings is 1. The SMILES string of the molecule is O=C(CNc1ccc(S(=O)(=O)C2CCCC2)cc1)N1N=C(c2ccco2)CC1c1ccco1. The van der Waals surface area contributed by atoms with Crippen LogP contribution in [0.3, 0.4) is 0 Å². The smallest absolute Gasteiger partial charge is 0.262 e. The highest BCUT2D eigenvalue weighted by Gasteiger charge is 2.35. The van der Waals surface area contributed by atoms with E-state index < -0.39 is 9.84 Å². The van der Waals surface area contributed by atoms with Gasteiger partial charge in [-0.05, 0) is 61.4 Å². The van der Waals surface area contributed by atoms with Crippen molar-refractivity contribution >= 4 is 27.1 Å². The van der Waals surface area contributed by atoms with Crippen LogP contribution in [-0.4, -0.2) is 36.8 Å². The maximum Gasteiger partial charge on any atom is 0.262 e. The molecule has 1 aromatic carbocycles. The third-order valence-electron chi connectivity index (χ3n) is 6.21. The molecule has 1 N–H and O–H groups in total. The van der Waals surface area contributed by atoms with Gasteiger partial charge in [-0.1, -0.05) is 12.8 Å². The molecule has 0 radical (unpaired) electrons. The number of anilines is 1. The number of hydrogen-bond acceptors (Lipinski definition) is 7. The van der Waals surface area contributed by atoms with Crippen LogP contribution >= 0.6 is 0 Å². The minimum atomic E-state index is -3.30. The highest BCUT2D eigenvalue weighted by molar-refractivity contribution is 7.92. The minimum absolute atomic E-state index is 0.000858. The van der Waals surface area contributed by atoms with Gasteiger partial charge < -0.3 is 14.2 Å². The number of hydrogen-bond donors (Lipinski definition) is 1. The second kappa shape index (κ2) is 8.90. The van der Waals surface area contributed by atoms with Crippen molar-refractivity contribution in [1.29, 1.82) is 0 Å². The summed E-state index contributed by atoms with van der Waals surface area (Å²) in [6.45, 7) is 0.000858. The van der Waals surface area contributed by atoms with Crippen LogP contribution in [-0.2, 0) is 14.6 Å². The first-order chi connectivity index (χ1) is 16.0. The van der Waals surface area contributed by atoms with Crippen molar-refractivity contribution in [3.8, 4) is 0 Å². The molecule has 172 valence electrons. The van der Waals surface area contributed by atoms with Crippen LogP contribution in [0.15, 0.2) is 79.9 Å². The molecule has 8 nitrogen and oxygen atoms in total. The Labute approximate surface area is 192 Å². The van der Waals surface area contributed by atoms with E-state index in [1.807, 2.05) is 12.1 Å². The first-order valence-corrected chi connectivity index (χ1v) is 12.6. The van der Waals surface area contributed by atoms with Gasteiger partial charge in [0.2, 0.25) is 0 Å². The molecule has 3 aromatic rings. The molecule has 3 heterocycles. The Morgan fingerprint density at radius 1 is 1.03 bits per heavy atom. The van der Waals surface area contributed by atoms with Crippen molar-refractivity contribution in [2.24, 2.45) is 5.10 Å². The molecule has 9 heteroatoms. The van der Waals surface area contributed by atoms with Crippen molar-refractivity contribution < 1.29 is 22.0 Å². The number of furan rings is 2. The Morgan fingerprint density at radius 3 is 2.42 bits per heavy atom. The number of carbonyl (C=O) groups excluding carboxylic acids is 1. The Morgan fingerprint density at radius 2 is 1.76 bits per heavy atom. The average molecular weight is 468 g/mol. The minimum Gasteiger partial charge on any atom is -0.467 e. The van der Waals surface area contributed by atoms with Crippen LogP contribution in [0, 0.1) is 0 Å². The predicted octanol–water partition coefficient (Wildman–Crippen LogP) is 4.38. The van der Waals surface area contributed by atoms with Crippen LogP contribution < -0.4 is 5.32 Å². The van der Waals surface area contributed by atoms with Crippen LogP contribution in [0.1, 0.15) is 49.7 Å². The van der Waals surface area contributed by atoms with E-state index in [0.717, 1.165) is 25.7 Å². The summed E-state index contributed by atoms with van der Waals surface area (Å²) < 4.78 is 36.5. The van der Waals surface area contributed by atoms with E-state index in [-0.39, 0.29) is 23.7 Å². The van der Waals surface area contributed by atoms with Crippen molar-refractivity contribution in [1.82, 2.24) is 5.01 Å². The zero-order valence-electron chi connectivity index (χ0n) is 18.0. The summed E-state index contributed by atoms with van der Waals surface area (Å²) in [6.07, 6.45) is 7.01. The summed E-state index contributed by atoms with van der Waals surface area (Å²) in [6, 6.07) is 13.4. The Balaban J connectivity index is 1.27. The molecule has 0 spiro atoms. The highest BCUT2D eigenvalue weighted by atomic mass is 32.2. The number of nitrogens with one attached hydrogen (secondary N) is 1.